The highest BCUT2D eigenvalue weighted by Gasteiger charge is 2.29. The summed E-state index contributed by atoms with van der Waals surface area (Å²) in [7, 11) is 1.34. The second-order valence-corrected chi connectivity index (χ2v) is 5.64. The standard InChI is InChI=1S/C17H23NO4/c1-13(17(20)21-2)18(11-14-6-4-3-5-7-14)16(19)10-15-8-9-22-12-15/h3-7,13,15H,8-12H2,1-2H3/t13-,15-/m1/s1. The summed E-state index contributed by atoms with van der Waals surface area (Å²) in [5.74, 6) is -0.181. The van der Waals surface area contributed by atoms with E-state index in [4.69, 9.17) is 9.47 Å². The Bertz CT molecular complexity index is 497. The second-order valence-electron chi connectivity index (χ2n) is 5.64. The molecule has 5 heteroatoms. The SMILES string of the molecule is COC(=O)[C@@H](C)N(Cc1ccccc1)C(=O)C[C@H]1CCOC1. The Balaban J connectivity index is 2.09. The van der Waals surface area contributed by atoms with E-state index in [9.17, 15) is 9.59 Å². The average molecular weight is 305 g/mol. The lowest BCUT2D eigenvalue weighted by Crippen LogP contribution is -2.43. The molecule has 1 aliphatic rings. The van der Waals surface area contributed by atoms with Gasteiger partial charge in [-0.3, -0.25) is 4.79 Å². The van der Waals surface area contributed by atoms with E-state index in [1.165, 1.54) is 7.11 Å². The number of ether oxygens (including phenoxy) is 2. The van der Waals surface area contributed by atoms with Crippen molar-refractivity contribution in [1.29, 1.82) is 0 Å². The first kappa shape index (κ1) is 16.5. The van der Waals surface area contributed by atoms with E-state index in [1.54, 1.807) is 11.8 Å². The average Bonchev–Trinajstić information content (AvgIpc) is 3.05. The minimum atomic E-state index is -0.597. The highest BCUT2D eigenvalue weighted by atomic mass is 16.5. The van der Waals surface area contributed by atoms with Gasteiger partial charge in [0.15, 0.2) is 0 Å². The van der Waals surface area contributed by atoms with E-state index in [2.05, 4.69) is 0 Å². The lowest BCUT2D eigenvalue weighted by molar-refractivity contribution is -0.153. The lowest BCUT2D eigenvalue weighted by Gasteiger charge is -2.28. The number of esters is 1. The molecule has 0 spiro atoms. The molecule has 120 valence electrons. The minimum Gasteiger partial charge on any atom is -0.467 e. The molecule has 0 aromatic heterocycles. The maximum atomic E-state index is 12.6. The van der Waals surface area contributed by atoms with Crippen LogP contribution >= 0.6 is 0 Å². The summed E-state index contributed by atoms with van der Waals surface area (Å²) in [5, 5.41) is 0. The highest BCUT2D eigenvalue weighted by Crippen LogP contribution is 2.20. The molecule has 1 heterocycles. The largest absolute Gasteiger partial charge is 0.467 e. The number of hydrogen-bond acceptors (Lipinski definition) is 4. The summed E-state index contributed by atoms with van der Waals surface area (Å²) >= 11 is 0. The van der Waals surface area contributed by atoms with Crippen LogP contribution in [0.15, 0.2) is 30.3 Å². The van der Waals surface area contributed by atoms with Gasteiger partial charge in [0.1, 0.15) is 6.04 Å². The molecule has 0 unspecified atom stereocenters. The van der Waals surface area contributed by atoms with Crippen molar-refractivity contribution in [3.05, 3.63) is 35.9 Å². The van der Waals surface area contributed by atoms with Crippen molar-refractivity contribution < 1.29 is 19.1 Å². The van der Waals surface area contributed by atoms with Gasteiger partial charge in [0.05, 0.1) is 7.11 Å². The first-order valence-electron chi connectivity index (χ1n) is 7.60. The Morgan fingerprint density at radius 3 is 2.68 bits per heavy atom. The van der Waals surface area contributed by atoms with Crippen LogP contribution in [0.2, 0.25) is 0 Å². The lowest BCUT2D eigenvalue weighted by atomic mass is 10.0. The molecule has 1 fully saturated rings. The topological polar surface area (TPSA) is 55.8 Å². The van der Waals surface area contributed by atoms with Crippen LogP contribution in [-0.4, -0.2) is 43.1 Å². The van der Waals surface area contributed by atoms with Crippen molar-refractivity contribution in [2.24, 2.45) is 5.92 Å². The van der Waals surface area contributed by atoms with Crippen molar-refractivity contribution in [2.45, 2.75) is 32.4 Å². The van der Waals surface area contributed by atoms with Crippen molar-refractivity contribution in [1.82, 2.24) is 4.90 Å². The molecule has 1 aromatic rings. The van der Waals surface area contributed by atoms with Gasteiger partial charge in [-0.2, -0.15) is 0 Å². The predicted molar refractivity (Wildman–Crippen MR) is 82.0 cm³/mol. The molecule has 5 nitrogen and oxygen atoms in total. The smallest absolute Gasteiger partial charge is 0.328 e. The minimum absolute atomic E-state index is 0.0303. The van der Waals surface area contributed by atoms with Crippen LogP contribution < -0.4 is 0 Å². The quantitative estimate of drug-likeness (QED) is 0.754. The normalized spacial score (nSPS) is 18.7. The van der Waals surface area contributed by atoms with Crippen LogP contribution in [0, 0.1) is 5.92 Å². The molecule has 1 aromatic carbocycles. The fraction of sp³-hybridized carbons (Fsp3) is 0.529. The van der Waals surface area contributed by atoms with E-state index < -0.39 is 12.0 Å². The first-order chi connectivity index (χ1) is 10.6. The third-order valence-corrected chi connectivity index (χ3v) is 4.01. The Morgan fingerprint density at radius 2 is 2.09 bits per heavy atom. The highest BCUT2D eigenvalue weighted by molar-refractivity contribution is 5.84. The molecule has 2 atom stereocenters. The molecule has 0 bridgehead atoms. The van der Waals surface area contributed by atoms with Gasteiger partial charge in [0.2, 0.25) is 5.91 Å². The molecule has 1 saturated heterocycles. The fourth-order valence-electron chi connectivity index (χ4n) is 2.63. The summed E-state index contributed by atoms with van der Waals surface area (Å²) in [6.45, 7) is 3.45. The monoisotopic (exact) mass is 305 g/mol. The van der Waals surface area contributed by atoms with Crippen molar-refractivity contribution in [3.63, 3.8) is 0 Å². The second kappa shape index (κ2) is 7.94. The van der Waals surface area contributed by atoms with Gasteiger partial charge in [0, 0.05) is 26.2 Å². The fourth-order valence-corrected chi connectivity index (χ4v) is 2.63. The molecule has 0 saturated carbocycles. The maximum Gasteiger partial charge on any atom is 0.328 e. The van der Waals surface area contributed by atoms with E-state index in [-0.39, 0.29) is 11.8 Å². The number of carbonyl (C=O) groups excluding carboxylic acids is 2. The predicted octanol–water partition coefficient (Wildman–Crippen LogP) is 2.00. The van der Waals surface area contributed by atoms with Gasteiger partial charge in [-0.1, -0.05) is 30.3 Å². The van der Waals surface area contributed by atoms with Crippen LogP contribution in [0.4, 0.5) is 0 Å². The third kappa shape index (κ3) is 4.31. The van der Waals surface area contributed by atoms with Crippen LogP contribution in [0.3, 0.4) is 0 Å². The molecular weight excluding hydrogens is 282 g/mol. The van der Waals surface area contributed by atoms with E-state index >= 15 is 0 Å². The zero-order chi connectivity index (χ0) is 15.9. The molecule has 1 aliphatic heterocycles. The Kier molecular flexibility index (Phi) is 5.95. The number of carbonyl (C=O) groups is 2. The number of hydrogen-bond donors (Lipinski definition) is 0. The first-order valence-corrected chi connectivity index (χ1v) is 7.60. The van der Waals surface area contributed by atoms with E-state index in [0.717, 1.165) is 12.0 Å². The molecular formula is C17H23NO4. The molecule has 0 radical (unpaired) electrons. The Morgan fingerprint density at radius 1 is 1.36 bits per heavy atom. The number of amides is 1. The van der Waals surface area contributed by atoms with E-state index in [0.29, 0.717) is 26.2 Å². The summed E-state index contributed by atoms with van der Waals surface area (Å²) < 4.78 is 10.1. The number of rotatable bonds is 6. The molecule has 0 N–H and O–H groups in total. The van der Waals surface area contributed by atoms with Crippen molar-refractivity contribution >= 4 is 11.9 Å². The summed E-state index contributed by atoms with van der Waals surface area (Å²) in [6.07, 6.45) is 1.31. The van der Waals surface area contributed by atoms with Gasteiger partial charge in [0.25, 0.3) is 0 Å². The number of methoxy groups -OCH3 is 1. The van der Waals surface area contributed by atoms with Gasteiger partial charge < -0.3 is 14.4 Å². The molecule has 22 heavy (non-hydrogen) atoms. The summed E-state index contributed by atoms with van der Waals surface area (Å²) in [4.78, 5) is 26.1. The maximum absolute atomic E-state index is 12.6. The van der Waals surface area contributed by atoms with Crippen LogP contribution in [-0.2, 0) is 25.6 Å². The molecule has 2 rings (SSSR count). The summed E-state index contributed by atoms with van der Waals surface area (Å²) in [5.41, 5.74) is 0.995. The van der Waals surface area contributed by atoms with Gasteiger partial charge >= 0.3 is 5.97 Å². The van der Waals surface area contributed by atoms with Crippen LogP contribution in [0.5, 0.6) is 0 Å². The van der Waals surface area contributed by atoms with Crippen molar-refractivity contribution in [3.8, 4) is 0 Å². The van der Waals surface area contributed by atoms with Gasteiger partial charge in [-0.15, -0.1) is 0 Å². The summed E-state index contributed by atoms with van der Waals surface area (Å²) in [6, 6.07) is 9.07. The Labute approximate surface area is 131 Å². The molecule has 0 aliphatic carbocycles. The van der Waals surface area contributed by atoms with Gasteiger partial charge in [-0.25, -0.2) is 4.79 Å². The zero-order valence-corrected chi connectivity index (χ0v) is 13.2. The Hall–Kier alpha value is -1.88. The zero-order valence-electron chi connectivity index (χ0n) is 13.2. The van der Waals surface area contributed by atoms with E-state index in [1.807, 2.05) is 30.3 Å². The third-order valence-electron chi connectivity index (χ3n) is 4.01. The van der Waals surface area contributed by atoms with Crippen LogP contribution in [0.25, 0.3) is 0 Å². The van der Waals surface area contributed by atoms with Gasteiger partial charge in [-0.05, 0) is 24.8 Å². The number of benzene rings is 1. The number of nitrogens with zero attached hydrogens (tertiary/aromatic N) is 1. The van der Waals surface area contributed by atoms with Crippen LogP contribution in [0.1, 0.15) is 25.3 Å². The molecule has 1 amide bonds. The van der Waals surface area contributed by atoms with Crippen molar-refractivity contribution in [2.75, 3.05) is 20.3 Å².